The van der Waals surface area contributed by atoms with Gasteiger partial charge in [-0.3, -0.25) is 0 Å². The molecule has 0 saturated carbocycles. The average molecular weight is 331 g/mol. The van der Waals surface area contributed by atoms with Crippen LogP contribution in [0, 0.1) is 6.92 Å². The summed E-state index contributed by atoms with van der Waals surface area (Å²) in [6.45, 7) is 2.06. The molecule has 0 spiro atoms. The predicted octanol–water partition coefficient (Wildman–Crippen LogP) is 5.52. The van der Waals surface area contributed by atoms with Gasteiger partial charge in [0.05, 0.1) is 18.5 Å². The summed E-state index contributed by atoms with van der Waals surface area (Å²) in [5, 5.41) is 4.89. The van der Waals surface area contributed by atoms with Gasteiger partial charge < -0.3 is 10.1 Å². The fraction of sp³-hybridized carbons (Fsp3) is 0.118. The van der Waals surface area contributed by atoms with Crippen molar-refractivity contribution in [3.63, 3.8) is 0 Å². The van der Waals surface area contributed by atoms with E-state index in [2.05, 4.69) is 17.2 Å². The molecule has 1 aromatic heterocycles. The van der Waals surface area contributed by atoms with Crippen LogP contribution in [0.4, 0.5) is 10.8 Å². The summed E-state index contributed by atoms with van der Waals surface area (Å²) in [6.07, 6.45) is 0. The van der Waals surface area contributed by atoms with Crippen molar-refractivity contribution in [3.05, 3.63) is 58.4 Å². The molecular weight excluding hydrogens is 316 g/mol. The van der Waals surface area contributed by atoms with E-state index in [1.54, 1.807) is 18.4 Å². The molecule has 3 rings (SSSR count). The second-order valence-electron chi connectivity index (χ2n) is 4.76. The van der Waals surface area contributed by atoms with Crippen LogP contribution in [0.5, 0.6) is 5.75 Å². The highest BCUT2D eigenvalue weighted by Crippen LogP contribution is 2.34. The normalized spacial score (nSPS) is 10.5. The number of benzene rings is 2. The maximum Gasteiger partial charge on any atom is 0.188 e. The molecule has 1 N–H and O–H groups in total. The average Bonchev–Trinajstić information content (AvgIpc) is 2.89. The van der Waals surface area contributed by atoms with E-state index in [9.17, 15) is 0 Å². The minimum absolute atomic E-state index is 0.726. The molecule has 1 heterocycles. The highest BCUT2D eigenvalue weighted by atomic mass is 35.5. The number of thiazole rings is 1. The Kier molecular flexibility index (Phi) is 4.32. The first-order valence-electron chi connectivity index (χ1n) is 6.81. The van der Waals surface area contributed by atoms with Gasteiger partial charge in [-0.1, -0.05) is 35.9 Å². The van der Waals surface area contributed by atoms with E-state index in [-0.39, 0.29) is 0 Å². The Hall–Kier alpha value is -2.04. The monoisotopic (exact) mass is 330 g/mol. The summed E-state index contributed by atoms with van der Waals surface area (Å²) in [7, 11) is 1.66. The third-order valence-electron chi connectivity index (χ3n) is 3.26. The third-order valence-corrected chi connectivity index (χ3v) is 4.40. The van der Waals surface area contributed by atoms with Crippen molar-refractivity contribution in [2.24, 2.45) is 0 Å². The van der Waals surface area contributed by atoms with Gasteiger partial charge in [-0.15, -0.1) is 11.3 Å². The lowest BCUT2D eigenvalue weighted by atomic mass is 10.1. The van der Waals surface area contributed by atoms with Crippen LogP contribution in [0.3, 0.4) is 0 Å². The Bertz CT molecular complexity index is 784. The molecule has 0 amide bonds. The number of aryl methyl sites for hydroxylation is 1. The lowest BCUT2D eigenvalue weighted by molar-refractivity contribution is 0.417. The molecule has 0 saturated heterocycles. The van der Waals surface area contributed by atoms with Crippen LogP contribution in [-0.4, -0.2) is 12.1 Å². The van der Waals surface area contributed by atoms with E-state index in [1.165, 1.54) is 0 Å². The van der Waals surface area contributed by atoms with Gasteiger partial charge in [0, 0.05) is 15.5 Å². The fourth-order valence-corrected chi connectivity index (χ4v) is 3.16. The molecular formula is C17H15ClN2OS. The number of hydrogen-bond donors (Lipinski definition) is 1. The van der Waals surface area contributed by atoms with Crippen LogP contribution in [0.1, 0.15) is 4.88 Å². The van der Waals surface area contributed by atoms with Crippen molar-refractivity contribution >= 4 is 33.8 Å². The largest absolute Gasteiger partial charge is 0.495 e. The number of nitrogens with one attached hydrogen (secondary N) is 1. The molecule has 0 aliphatic carbocycles. The first kappa shape index (κ1) is 14.9. The van der Waals surface area contributed by atoms with Crippen molar-refractivity contribution in [3.8, 4) is 17.0 Å². The number of hydrogen-bond acceptors (Lipinski definition) is 4. The molecule has 112 valence electrons. The van der Waals surface area contributed by atoms with Crippen molar-refractivity contribution in [2.45, 2.75) is 6.92 Å². The van der Waals surface area contributed by atoms with Gasteiger partial charge in [0.2, 0.25) is 0 Å². The smallest absolute Gasteiger partial charge is 0.188 e. The first-order valence-corrected chi connectivity index (χ1v) is 8.00. The van der Waals surface area contributed by atoms with Gasteiger partial charge in [0.15, 0.2) is 5.13 Å². The van der Waals surface area contributed by atoms with Crippen LogP contribution < -0.4 is 10.1 Å². The number of aromatic nitrogens is 1. The summed E-state index contributed by atoms with van der Waals surface area (Å²) in [5.74, 6) is 0.795. The molecule has 0 unspecified atom stereocenters. The highest BCUT2D eigenvalue weighted by Gasteiger charge is 2.11. The highest BCUT2D eigenvalue weighted by molar-refractivity contribution is 7.16. The molecule has 5 heteroatoms. The summed E-state index contributed by atoms with van der Waals surface area (Å²) in [4.78, 5) is 5.84. The molecule has 3 nitrogen and oxygen atoms in total. The molecule has 0 fully saturated rings. The topological polar surface area (TPSA) is 34.1 Å². The van der Waals surface area contributed by atoms with Gasteiger partial charge in [-0.25, -0.2) is 4.98 Å². The summed E-state index contributed by atoms with van der Waals surface area (Å²) >= 11 is 7.56. The Morgan fingerprint density at radius 2 is 1.82 bits per heavy atom. The Labute approximate surface area is 138 Å². The van der Waals surface area contributed by atoms with Crippen LogP contribution in [0.15, 0.2) is 48.5 Å². The van der Waals surface area contributed by atoms with Gasteiger partial charge in [0.25, 0.3) is 0 Å². The van der Waals surface area contributed by atoms with E-state index in [0.29, 0.717) is 0 Å². The Morgan fingerprint density at radius 1 is 1.09 bits per heavy atom. The number of methoxy groups -OCH3 is 1. The van der Waals surface area contributed by atoms with Gasteiger partial charge in [-0.05, 0) is 31.2 Å². The molecule has 0 radical (unpaired) electrons. The zero-order valence-corrected chi connectivity index (χ0v) is 13.8. The second kappa shape index (κ2) is 6.38. The molecule has 0 bridgehead atoms. The van der Waals surface area contributed by atoms with Crippen molar-refractivity contribution in [1.82, 2.24) is 4.98 Å². The fourth-order valence-electron chi connectivity index (χ4n) is 2.19. The summed E-state index contributed by atoms with van der Waals surface area (Å²) < 4.78 is 5.35. The zero-order valence-electron chi connectivity index (χ0n) is 12.3. The Morgan fingerprint density at radius 3 is 2.55 bits per heavy atom. The third kappa shape index (κ3) is 3.08. The van der Waals surface area contributed by atoms with E-state index in [4.69, 9.17) is 16.3 Å². The number of halogens is 1. The molecule has 0 aliphatic rings. The molecule has 3 aromatic rings. The quantitative estimate of drug-likeness (QED) is 0.683. The maximum absolute atomic E-state index is 5.94. The molecule has 22 heavy (non-hydrogen) atoms. The lowest BCUT2D eigenvalue weighted by Crippen LogP contribution is -1.93. The van der Waals surface area contributed by atoms with Crippen LogP contribution in [-0.2, 0) is 0 Å². The first-order chi connectivity index (χ1) is 10.7. The predicted molar refractivity (Wildman–Crippen MR) is 93.6 cm³/mol. The maximum atomic E-state index is 5.94. The summed E-state index contributed by atoms with van der Waals surface area (Å²) in [6, 6.07) is 15.5. The molecule has 0 atom stereocenters. The molecule has 0 aliphatic heterocycles. The van der Waals surface area contributed by atoms with Crippen LogP contribution >= 0.6 is 22.9 Å². The standard InChI is InChI=1S/C17H15ClN2OS/c1-11-16(12-7-9-13(18)10-8-12)20-17(22-11)19-14-5-3-4-6-15(14)21-2/h3-10H,1-2H3,(H,19,20). The number of anilines is 2. The SMILES string of the molecule is COc1ccccc1Nc1nc(-c2ccc(Cl)cc2)c(C)s1. The van der Waals surface area contributed by atoms with E-state index in [0.717, 1.165) is 37.7 Å². The lowest BCUT2D eigenvalue weighted by Gasteiger charge is -2.08. The van der Waals surface area contributed by atoms with Crippen LogP contribution in [0.2, 0.25) is 5.02 Å². The van der Waals surface area contributed by atoms with E-state index in [1.807, 2.05) is 48.5 Å². The minimum atomic E-state index is 0.726. The van der Waals surface area contributed by atoms with E-state index < -0.39 is 0 Å². The zero-order chi connectivity index (χ0) is 15.5. The summed E-state index contributed by atoms with van der Waals surface area (Å²) in [5.41, 5.74) is 2.94. The van der Waals surface area contributed by atoms with Gasteiger partial charge in [0.1, 0.15) is 5.75 Å². The van der Waals surface area contributed by atoms with Crippen molar-refractivity contribution in [2.75, 3.05) is 12.4 Å². The Balaban J connectivity index is 1.90. The number of para-hydroxylation sites is 2. The van der Waals surface area contributed by atoms with Gasteiger partial charge in [-0.2, -0.15) is 0 Å². The number of ether oxygens (including phenoxy) is 1. The van der Waals surface area contributed by atoms with Crippen molar-refractivity contribution in [1.29, 1.82) is 0 Å². The van der Waals surface area contributed by atoms with Crippen LogP contribution in [0.25, 0.3) is 11.3 Å². The molecule has 2 aromatic carbocycles. The van der Waals surface area contributed by atoms with Crippen molar-refractivity contribution < 1.29 is 4.74 Å². The number of nitrogens with zero attached hydrogens (tertiary/aromatic N) is 1. The van der Waals surface area contributed by atoms with Gasteiger partial charge >= 0.3 is 0 Å². The number of rotatable bonds is 4. The minimum Gasteiger partial charge on any atom is -0.495 e. The van der Waals surface area contributed by atoms with E-state index >= 15 is 0 Å². The second-order valence-corrected chi connectivity index (χ2v) is 6.40.